The largest absolute Gasteiger partial charge is 0.376 e. The van der Waals surface area contributed by atoms with Crippen molar-refractivity contribution in [3.05, 3.63) is 22.2 Å². The molecule has 1 aliphatic rings. The van der Waals surface area contributed by atoms with E-state index in [9.17, 15) is 10.1 Å². The summed E-state index contributed by atoms with van der Waals surface area (Å²) in [4.78, 5) is 16.4. The quantitative estimate of drug-likeness (QED) is 0.463. The van der Waals surface area contributed by atoms with Crippen LogP contribution in [0.3, 0.4) is 0 Å². The monoisotopic (exact) mass is 267 g/mol. The van der Waals surface area contributed by atoms with E-state index in [0.29, 0.717) is 12.4 Å². The maximum atomic E-state index is 11.0. The minimum Gasteiger partial charge on any atom is -0.376 e. The Morgan fingerprint density at radius 1 is 1.68 bits per heavy atom. The summed E-state index contributed by atoms with van der Waals surface area (Å²) in [6.45, 7) is 1.32. The molecule has 0 spiro atoms. The van der Waals surface area contributed by atoms with Gasteiger partial charge in [-0.25, -0.2) is 10.8 Å². The van der Waals surface area contributed by atoms with Gasteiger partial charge in [0.05, 0.1) is 11.0 Å². The maximum absolute atomic E-state index is 11.0. The molecule has 1 atom stereocenters. The standard InChI is InChI=1S/C11H17N5O3/c1-15(7-8-3-2-6-19-8)11-9(16(17)18)4-5-10(13-11)14-12/h4-5,8H,2-3,6-7,12H2,1H3,(H,13,14). The molecule has 1 aromatic heterocycles. The zero-order valence-corrected chi connectivity index (χ0v) is 10.7. The van der Waals surface area contributed by atoms with Gasteiger partial charge in [0, 0.05) is 26.3 Å². The molecule has 0 aliphatic carbocycles. The summed E-state index contributed by atoms with van der Waals surface area (Å²) in [5, 5.41) is 11.0. The predicted molar refractivity (Wildman–Crippen MR) is 70.9 cm³/mol. The Hall–Kier alpha value is -1.93. The topological polar surface area (TPSA) is 107 Å². The molecule has 3 N–H and O–H groups in total. The maximum Gasteiger partial charge on any atom is 0.311 e. The number of hydrogen-bond donors (Lipinski definition) is 2. The van der Waals surface area contributed by atoms with Crippen LogP contribution in [0.1, 0.15) is 12.8 Å². The van der Waals surface area contributed by atoms with Gasteiger partial charge in [-0.1, -0.05) is 0 Å². The normalized spacial score (nSPS) is 18.3. The Balaban J connectivity index is 2.21. The van der Waals surface area contributed by atoms with Gasteiger partial charge in [0.1, 0.15) is 5.82 Å². The minimum absolute atomic E-state index is 0.0421. The second-order valence-corrected chi connectivity index (χ2v) is 4.46. The van der Waals surface area contributed by atoms with E-state index in [-0.39, 0.29) is 17.6 Å². The summed E-state index contributed by atoms with van der Waals surface area (Å²) in [5.74, 6) is 5.96. The van der Waals surface area contributed by atoms with Gasteiger partial charge in [-0.3, -0.25) is 10.1 Å². The molecule has 0 saturated carbocycles. The first-order chi connectivity index (χ1) is 9.11. The number of nitrogen functional groups attached to an aromatic ring is 1. The number of rotatable bonds is 5. The molecule has 104 valence electrons. The number of hydrogen-bond acceptors (Lipinski definition) is 7. The Labute approximate surface area is 110 Å². The molecule has 0 radical (unpaired) electrons. The van der Waals surface area contributed by atoms with Gasteiger partial charge in [0.2, 0.25) is 5.82 Å². The number of anilines is 2. The van der Waals surface area contributed by atoms with Crippen molar-refractivity contribution in [3.63, 3.8) is 0 Å². The number of nitrogens with zero attached hydrogens (tertiary/aromatic N) is 3. The van der Waals surface area contributed by atoms with E-state index < -0.39 is 4.92 Å². The van der Waals surface area contributed by atoms with E-state index >= 15 is 0 Å². The third kappa shape index (κ3) is 3.09. The van der Waals surface area contributed by atoms with Crippen LogP contribution in [0.15, 0.2) is 12.1 Å². The molecule has 19 heavy (non-hydrogen) atoms. The number of likely N-dealkylation sites (N-methyl/N-ethyl adjacent to an activating group) is 1. The lowest BCUT2D eigenvalue weighted by molar-refractivity contribution is -0.384. The third-order valence-corrected chi connectivity index (χ3v) is 3.06. The summed E-state index contributed by atoms with van der Waals surface area (Å²) >= 11 is 0. The number of nitrogens with one attached hydrogen (secondary N) is 1. The summed E-state index contributed by atoms with van der Waals surface area (Å²) in [5.41, 5.74) is 2.35. The molecule has 8 heteroatoms. The molecule has 1 aromatic rings. The molecule has 0 bridgehead atoms. The molecular formula is C11H17N5O3. The molecule has 0 amide bonds. The highest BCUT2D eigenvalue weighted by atomic mass is 16.6. The first kappa shape index (κ1) is 13.5. The molecule has 2 rings (SSSR count). The van der Waals surface area contributed by atoms with Crippen LogP contribution in [0.25, 0.3) is 0 Å². The van der Waals surface area contributed by atoms with E-state index in [4.69, 9.17) is 10.6 Å². The second kappa shape index (κ2) is 5.81. The van der Waals surface area contributed by atoms with Crippen molar-refractivity contribution in [1.82, 2.24) is 4.98 Å². The van der Waals surface area contributed by atoms with Gasteiger partial charge in [0.25, 0.3) is 0 Å². The van der Waals surface area contributed by atoms with Crippen molar-refractivity contribution in [2.45, 2.75) is 18.9 Å². The Morgan fingerprint density at radius 3 is 3.05 bits per heavy atom. The van der Waals surface area contributed by atoms with Crippen LogP contribution in [-0.2, 0) is 4.74 Å². The SMILES string of the molecule is CN(CC1CCCO1)c1nc(NN)ccc1[N+](=O)[O-]. The molecule has 0 aromatic carbocycles. The van der Waals surface area contributed by atoms with Crippen molar-refractivity contribution >= 4 is 17.3 Å². The van der Waals surface area contributed by atoms with E-state index in [0.717, 1.165) is 19.4 Å². The van der Waals surface area contributed by atoms with Crippen LogP contribution in [0.5, 0.6) is 0 Å². The third-order valence-electron chi connectivity index (χ3n) is 3.06. The minimum atomic E-state index is -0.450. The average molecular weight is 267 g/mol. The first-order valence-electron chi connectivity index (χ1n) is 6.06. The van der Waals surface area contributed by atoms with Crippen LogP contribution in [0, 0.1) is 10.1 Å². The zero-order valence-electron chi connectivity index (χ0n) is 10.7. The fourth-order valence-electron chi connectivity index (χ4n) is 2.13. The number of pyridine rings is 1. The summed E-state index contributed by atoms with van der Waals surface area (Å²) in [6, 6.07) is 2.87. The lowest BCUT2D eigenvalue weighted by atomic mass is 10.2. The fourth-order valence-corrected chi connectivity index (χ4v) is 2.13. The molecule has 1 fully saturated rings. The number of hydrazine groups is 1. The summed E-state index contributed by atoms with van der Waals surface area (Å²) in [7, 11) is 1.76. The summed E-state index contributed by atoms with van der Waals surface area (Å²) < 4.78 is 5.52. The highest BCUT2D eigenvalue weighted by Crippen LogP contribution is 2.27. The van der Waals surface area contributed by atoms with Gasteiger partial charge >= 0.3 is 5.69 Å². The Kier molecular flexibility index (Phi) is 4.13. The smallest absolute Gasteiger partial charge is 0.311 e. The first-order valence-corrected chi connectivity index (χ1v) is 6.06. The predicted octanol–water partition coefficient (Wildman–Crippen LogP) is 0.891. The molecule has 1 unspecified atom stereocenters. The number of nitro groups is 1. The van der Waals surface area contributed by atoms with E-state index in [1.807, 2.05) is 0 Å². The van der Waals surface area contributed by atoms with E-state index in [1.165, 1.54) is 12.1 Å². The summed E-state index contributed by atoms with van der Waals surface area (Å²) in [6.07, 6.45) is 2.09. The highest BCUT2D eigenvalue weighted by molar-refractivity contribution is 5.61. The Bertz CT molecular complexity index is 462. The molecule has 2 heterocycles. The van der Waals surface area contributed by atoms with Gasteiger partial charge in [-0.2, -0.15) is 0 Å². The van der Waals surface area contributed by atoms with E-state index in [2.05, 4.69) is 10.4 Å². The van der Waals surface area contributed by atoms with Gasteiger partial charge in [-0.15, -0.1) is 0 Å². The highest BCUT2D eigenvalue weighted by Gasteiger charge is 2.23. The van der Waals surface area contributed by atoms with Gasteiger partial charge < -0.3 is 15.1 Å². The zero-order chi connectivity index (χ0) is 13.8. The van der Waals surface area contributed by atoms with Crippen LogP contribution < -0.4 is 16.2 Å². The molecule has 1 aliphatic heterocycles. The van der Waals surface area contributed by atoms with Crippen molar-refractivity contribution in [2.75, 3.05) is 30.5 Å². The van der Waals surface area contributed by atoms with Crippen LogP contribution in [-0.4, -0.2) is 36.2 Å². The Morgan fingerprint density at radius 2 is 2.47 bits per heavy atom. The lowest BCUT2D eigenvalue weighted by Crippen LogP contribution is -2.30. The van der Waals surface area contributed by atoms with Crippen LogP contribution >= 0.6 is 0 Å². The van der Waals surface area contributed by atoms with Crippen molar-refractivity contribution in [3.8, 4) is 0 Å². The fraction of sp³-hybridized carbons (Fsp3) is 0.545. The van der Waals surface area contributed by atoms with Crippen LogP contribution in [0.4, 0.5) is 17.3 Å². The van der Waals surface area contributed by atoms with Crippen molar-refractivity contribution in [1.29, 1.82) is 0 Å². The van der Waals surface area contributed by atoms with E-state index in [1.54, 1.807) is 11.9 Å². The van der Waals surface area contributed by atoms with Gasteiger partial charge in [-0.05, 0) is 18.9 Å². The number of ether oxygens (including phenoxy) is 1. The number of nitrogens with two attached hydrogens (primary N) is 1. The van der Waals surface area contributed by atoms with Crippen molar-refractivity contribution in [2.24, 2.45) is 5.84 Å². The van der Waals surface area contributed by atoms with Crippen LogP contribution in [0.2, 0.25) is 0 Å². The average Bonchev–Trinajstić information content (AvgIpc) is 2.90. The molecular weight excluding hydrogens is 250 g/mol. The van der Waals surface area contributed by atoms with Gasteiger partial charge in [0.15, 0.2) is 0 Å². The second-order valence-electron chi connectivity index (χ2n) is 4.46. The number of aromatic nitrogens is 1. The molecule has 8 nitrogen and oxygen atoms in total. The van der Waals surface area contributed by atoms with Crippen molar-refractivity contribution < 1.29 is 9.66 Å². The lowest BCUT2D eigenvalue weighted by Gasteiger charge is -2.21. The molecule has 1 saturated heterocycles.